The molecule has 1 rings (SSSR count). The van der Waals surface area contributed by atoms with E-state index in [2.05, 4.69) is 23.7 Å². The van der Waals surface area contributed by atoms with E-state index in [9.17, 15) is 4.79 Å². The molecule has 0 radical (unpaired) electrons. The van der Waals surface area contributed by atoms with Crippen molar-refractivity contribution >= 4 is 17.2 Å². The number of thiophene rings is 1. The molecule has 3 nitrogen and oxygen atoms in total. The Hall–Kier alpha value is -0.870. The Balaban J connectivity index is 2.36. The fraction of sp³-hybridized carbons (Fsp3) is 0.615. The van der Waals surface area contributed by atoms with Crippen molar-refractivity contribution in [2.24, 2.45) is 11.1 Å². The largest absolute Gasteiger partial charge is 0.355 e. The normalized spacial score (nSPS) is 11.5. The standard InChI is InChI=1S/C13H22N2OS/c1-10-5-9-17-11(10)4-8-15-12(16)13(2,3)6-7-14/h5,9H,4,6-8,14H2,1-3H3,(H,15,16). The average Bonchev–Trinajstić information content (AvgIpc) is 2.64. The lowest BCUT2D eigenvalue weighted by atomic mass is 9.88. The number of aryl methyl sites for hydroxylation is 1. The third-order valence-corrected chi connectivity index (χ3v) is 4.07. The van der Waals surface area contributed by atoms with Gasteiger partial charge in [-0.15, -0.1) is 11.3 Å². The number of nitrogens with two attached hydrogens (primary N) is 1. The molecule has 96 valence electrons. The zero-order valence-electron chi connectivity index (χ0n) is 10.9. The molecule has 0 saturated heterocycles. The second kappa shape index (κ2) is 6.17. The second-order valence-electron chi connectivity index (χ2n) is 4.96. The van der Waals surface area contributed by atoms with Gasteiger partial charge in [-0.2, -0.15) is 0 Å². The molecule has 0 aliphatic heterocycles. The highest BCUT2D eigenvalue weighted by Crippen LogP contribution is 2.19. The smallest absolute Gasteiger partial charge is 0.225 e. The van der Waals surface area contributed by atoms with Crippen molar-refractivity contribution in [3.63, 3.8) is 0 Å². The molecule has 0 aliphatic rings. The monoisotopic (exact) mass is 254 g/mol. The lowest BCUT2D eigenvalue weighted by Crippen LogP contribution is -2.39. The van der Waals surface area contributed by atoms with Crippen molar-refractivity contribution < 1.29 is 4.79 Å². The van der Waals surface area contributed by atoms with Crippen molar-refractivity contribution in [1.29, 1.82) is 0 Å². The maximum atomic E-state index is 11.9. The molecule has 0 bridgehead atoms. The molecule has 0 fully saturated rings. The van der Waals surface area contributed by atoms with Crippen LogP contribution in [-0.2, 0) is 11.2 Å². The van der Waals surface area contributed by atoms with Crippen molar-refractivity contribution in [2.75, 3.05) is 13.1 Å². The van der Waals surface area contributed by atoms with Gasteiger partial charge in [0.25, 0.3) is 0 Å². The molecule has 4 heteroatoms. The van der Waals surface area contributed by atoms with E-state index < -0.39 is 0 Å². The molecule has 17 heavy (non-hydrogen) atoms. The van der Waals surface area contributed by atoms with E-state index in [1.165, 1.54) is 10.4 Å². The predicted molar refractivity (Wildman–Crippen MR) is 73.2 cm³/mol. The predicted octanol–water partition coefficient (Wildman–Crippen LogP) is 2.09. The molecule has 0 aliphatic carbocycles. The van der Waals surface area contributed by atoms with Crippen LogP contribution in [0.3, 0.4) is 0 Å². The van der Waals surface area contributed by atoms with E-state index in [1.807, 2.05) is 13.8 Å². The Bertz CT molecular complexity index is 371. The Labute approximate surface area is 107 Å². The Morgan fingerprint density at radius 2 is 2.24 bits per heavy atom. The SMILES string of the molecule is Cc1ccsc1CCNC(=O)C(C)(C)CCN. The number of amides is 1. The maximum Gasteiger partial charge on any atom is 0.225 e. The van der Waals surface area contributed by atoms with E-state index in [1.54, 1.807) is 11.3 Å². The summed E-state index contributed by atoms with van der Waals surface area (Å²) in [6.07, 6.45) is 1.63. The van der Waals surface area contributed by atoms with Crippen LogP contribution >= 0.6 is 11.3 Å². The van der Waals surface area contributed by atoms with Gasteiger partial charge < -0.3 is 11.1 Å². The highest BCUT2D eigenvalue weighted by Gasteiger charge is 2.25. The number of carbonyl (C=O) groups is 1. The Morgan fingerprint density at radius 3 is 2.76 bits per heavy atom. The van der Waals surface area contributed by atoms with Crippen LogP contribution in [0, 0.1) is 12.3 Å². The fourth-order valence-electron chi connectivity index (χ4n) is 1.66. The number of nitrogens with one attached hydrogen (secondary N) is 1. The molecule has 1 amide bonds. The van der Waals surface area contributed by atoms with Gasteiger partial charge in [0.05, 0.1) is 0 Å². The van der Waals surface area contributed by atoms with Crippen LogP contribution in [0.25, 0.3) is 0 Å². The van der Waals surface area contributed by atoms with Gasteiger partial charge in [0.1, 0.15) is 0 Å². The van der Waals surface area contributed by atoms with Gasteiger partial charge in [0.2, 0.25) is 5.91 Å². The summed E-state index contributed by atoms with van der Waals surface area (Å²) in [4.78, 5) is 13.3. The van der Waals surface area contributed by atoms with Crippen molar-refractivity contribution in [3.05, 3.63) is 21.9 Å². The van der Waals surface area contributed by atoms with E-state index in [0.717, 1.165) is 12.8 Å². The summed E-state index contributed by atoms with van der Waals surface area (Å²) >= 11 is 1.75. The van der Waals surface area contributed by atoms with Crippen molar-refractivity contribution in [2.45, 2.75) is 33.6 Å². The zero-order chi connectivity index (χ0) is 12.9. The number of carbonyl (C=O) groups excluding carboxylic acids is 1. The summed E-state index contributed by atoms with van der Waals surface area (Å²) in [6, 6.07) is 2.11. The van der Waals surface area contributed by atoms with Gasteiger partial charge >= 0.3 is 0 Å². The molecule has 0 spiro atoms. The number of hydrogen-bond donors (Lipinski definition) is 2. The highest BCUT2D eigenvalue weighted by molar-refractivity contribution is 7.10. The molecule has 3 N–H and O–H groups in total. The van der Waals surface area contributed by atoms with Crippen LogP contribution in [-0.4, -0.2) is 19.0 Å². The van der Waals surface area contributed by atoms with Gasteiger partial charge in [-0.05, 0) is 43.3 Å². The lowest BCUT2D eigenvalue weighted by molar-refractivity contribution is -0.129. The van der Waals surface area contributed by atoms with Crippen LogP contribution in [0.2, 0.25) is 0 Å². The second-order valence-corrected chi connectivity index (χ2v) is 5.96. The van der Waals surface area contributed by atoms with Crippen LogP contribution in [0.4, 0.5) is 0 Å². The summed E-state index contributed by atoms with van der Waals surface area (Å²) in [5.41, 5.74) is 6.45. The Morgan fingerprint density at radius 1 is 1.53 bits per heavy atom. The summed E-state index contributed by atoms with van der Waals surface area (Å²) in [6.45, 7) is 7.22. The van der Waals surface area contributed by atoms with Crippen LogP contribution in [0.15, 0.2) is 11.4 Å². The number of hydrogen-bond acceptors (Lipinski definition) is 3. The fourth-order valence-corrected chi connectivity index (χ4v) is 2.57. The first kappa shape index (κ1) is 14.2. The molecular formula is C13H22N2OS. The summed E-state index contributed by atoms with van der Waals surface area (Å²) < 4.78 is 0. The summed E-state index contributed by atoms with van der Waals surface area (Å²) in [7, 11) is 0. The zero-order valence-corrected chi connectivity index (χ0v) is 11.7. The molecule has 0 unspecified atom stereocenters. The van der Waals surface area contributed by atoms with Gasteiger partial charge in [-0.3, -0.25) is 4.79 Å². The molecular weight excluding hydrogens is 232 g/mol. The molecule has 0 saturated carbocycles. The Kier molecular flexibility index (Phi) is 5.15. The third kappa shape index (κ3) is 4.13. The van der Waals surface area contributed by atoms with Gasteiger partial charge in [-0.25, -0.2) is 0 Å². The van der Waals surface area contributed by atoms with Crippen LogP contribution < -0.4 is 11.1 Å². The van der Waals surface area contributed by atoms with Gasteiger partial charge in [-0.1, -0.05) is 13.8 Å². The van der Waals surface area contributed by atoms with E-state index in [4.69, 9.17) is 5.73 Å². The summed E-state index contributed by atoms with van der Waals surface area (Å²) in [5.74, 6) is 0.0946. The average molecular weight is 254 g/mol. The molecule has 1 aromatic rings. The van der Waals surface area contributed by atoms with Crippen molar-refractivity contribution in [1.82, 2.24) is 5.32 Å². The van der Waals surface area contributed by atoms with E-state index >= 15 is 0 Å². The first-order valence-corrected chi connectivity index (χ1v) is 6.86. The van der Waals surface area contributed by atoms with Crippen molar-refractivity contribution in [3.8, 4) is 0 Å². The first-order chi connectivity index (χ1) is 7.97. The van der Waals surface area contributed by atoms with Gasteiger partial charge in [0, 0.05) is 16.8 Å². The van der Waals surface area contributed by atoms with Crippen LogP contribution in [0.5, 0.6) is 0 Å². The lowest BCUT2D eigenvalue weighted by Gasteiger charge is -2.22. The molecule has 1 heterocycles. The van der Waals surface area contributed by atoms with Gasteiger partial charge in [0.15, 0.2) is 0 Å². The first-order valence-electron chi connectivity index (χ1n) is 5.98. The number of rotatable bonds is 6. The van der Waals surface area contributed by atoms with E-state index in [0.29, 0.717) is 13.1 Å². The molecule has 1 aromatic heterocycles. The minimum Gasteiger partial charge on any atom is -0.355 e. The van der Waals surface area contributed by atoms with Crippen LogP contribution in [0.1, 0.15) is 30.7 Å². The molecule has 0 aromatic carbocycles. The molecule has 0 atom stereocenters. The summed E-state index contributed by atoms with van der Waals surface area (Å²) in [5, 5.41) is 5.07. The third-order valence-electron chi connectivity index (χ3n) is 2.99. The minimum absolute atomic E-state index is 0.0946. The maximum absolute atomic E-state index is 11.9. The minimum atomic E-state index is -0.362. The topological polar surface area (TPSA) is 55.1 Å². The van der Waals surface area contributed by atoms with E-state index in [-0.39, 0.29) is 11.3 Å². The quantitative estimate of drug-likeness (QED) is 0.816. The highest BCUT2D eigenvalue weighted by atomic mass is 32.1.